The van der Waals surface area contributed by atoms with Crippen LogP contribution in [0.4, 0.5) is 5.69 Å². The van der Waals surface area contributed by atoms with Gasteiger partial charge in [-0.2, -0.15) is 0 Å². The molecule has 3 aromatic rings. The third kappa shape index (κ3) is 5.85. The number of unbranched alkanes of at least 4 members (excludes halogenated alkanes) is 2. The predicted octanol–water partition coefficient (Wildman–Crippen LogP) is 5.28. The molecule has 31 heavy (non-hydrogen) atoms. The number of rotatable bonds is 10. The maximum atomic E-state index is 12.9. The highest BCUT2D eigenvalue weighted by Gasteiger charge is 2.18. The van der Waals surface area contributed by atoms with Gasteiger partial charge in [-0.05, 0) is 37.1 Å². The Bertz CT molecular complexity index is 1180. The molecule has 0 amide bonds. The van der Waals surface area contributed by atoms with Crippen LogP contribution in [0.2, 0.25) is 5.02 Å². The summed E-state index contributed by atoms with van der Waals surface area (Å²) in [6.45, 7) is 0.331. The van der Waals surface area contributed by atoms with E-state index in [-0.39, 0.29) is 10.7 Å². The second-order valence-electron chi connectivity index (χ2n) is 7.66. The smallest absolute Gasteiger partial charge is 0.241 e. The van der Waals surface area contributed by atoms with Crippen LogP contribution in [0, 0.1) is 0 Å². The number of carbonyl (C=O) groups excluding carboxylic acids is 1. The third-order valence-corrected chi connectivity index (χ3v) is 6.90. The summed E-state index contributed by atoms with van der Waals surface area (Å²) in [5, 5.41) is 2.15. The van der Waals surface area contributed by atoms with Crippen LogP contribution < -0.4 is 9.62 Å². The van der Waals surface area contributed by atoms with Crippen molar-refractivity contribution in [1.82, 2.24) is 4.72 Å². The molecule has 0 radical (unpaired) electrons. The highest BCUT2D eigenvalue weighted by molar-refractivity contribution is 7.89. The van der Waals surface area contributed by atoms with Gasteiger partial charge in [0.1, 0.15) is 0 Å². The number of nitrogens with zero attached hydrogens (tertiary/aromatic N) is 1. The van der Waals surface area contributed by atoms with Crippen molar-refractivity contribution in [3.8, 4) is 0 Å². The summed E-state index contributed by atoms with van der Waals surface area (Å²) in [4.78, 5) is 14.5. The van der Waals surface area contributed by atoms with E-state index in [0.29, 0.717) is 41.8 Å². The lowest BCUT2D eigenvalue weighted by atomic mass is 10.0. The largest absolute Gasteiger partial charge is 0.377 e. The number of ketones is 1. The highest BCUT2D eigenvalue weighted by atomic mass is 35.5. The Morgan fingerprint density at radius 3 is 2.39 bits per heavy atom. The summed E-state index contributed by atoms with van der Waals surface area (Å²) in [6, 6.07) is 17.9. The van der Waals surface area contributed by atoms with Gasteiger partial charge in [-0.25, -0.2) is 13.1 Å². The number of nitrogens with one attached hydrogen (secondary N) is 1. The molecule has 164 valence electrons. The highest BCUT2D eigenvalue weighted by Crippen LogP contribution is 2.30. The Kier molecular flexibility index (Phi) is 7.70. The van der Waals surface area contributed by atoms with Crippen LogP contribution in [-0.4, -0.2) is 34.8 Å². The molecule has 0 aromatic heterocycles. The second kappa shape index (κ2) is 10.3. The summed E-state index contributed by atoms with van der Waals surface area (Å²) >= 11 is 5.93. The predicted molar refractivity (Wildman–Crippen MR) is 128 cm³/mol. The topological polar surface area (TPSA) is 66.5 Å². The molecule has 7 heteroatoms. The van der Waals surface area contributed by atoms with Crippen LogP contribution in [0.1, 0.15) is 36.0 Å². The van der Waals surface area contributed by atoms with Gasteiger partial charge >= 0.3 is 0 Å². The minimum absolute atomic E-state index is 0.0514. The lowest BCUT2D eigenvalue weighted by molar-refractivity contribution is 0.0979. The Morgan fingerprint density at radius 1 is 0.935 bits per heavy atom. The zero-order chi connectivity index (χ0) is 22.4. The van der Waals surface area contributed by atoms with Gasteiger partial charge in [0.05, 0.1) is 4.90 Å². The van der Waals surface area contributed by atoms with Gasteiger partial charge in [0.15, 0.2) is 5.78 Å². The average molecular weight is 459 g/mol. The SMILES string of the molecule is CN(C)c1cccc2c(S(=O)(=O)NCCCCCC(=O)c3cccc(Cl)c3)cccc12. The monoisotopic (exact) mass is 458 g/mol. The maximum Gasteiger partial charge on any atom is 0.241 e. The van der Waals surface area contributed by atoms with E-state index in [2.05, 4.69) is 4.72 Å². The number of anilines is 1. The fourth-order valence-corrected chi connectivity index (χ4v) is 5.05. The molecule has 0 heterocycles. The van der Waals surface area contributed by atoms with Crippen LogP contribution >= 0.6 is 11.6 Å². The number of halogens is 1. The van der Waals surface area contributed by atoms with Gasteiger partial charge in [0.25, 0.3) is 0 Å². The van der Waals surface area contributed by atoms with Crippen LogP contribution in [-0.2, 0) is 10.0 Å². The molecule has 1 N–H and O–H groups in total. The number of hydrogen-bond acceptors (Lipinski definition) is 4. The fraction of sp³-hybridized carbons (Fsp3) is 0.292. The number of sulfonamides is 1. The molecule has 0 atom stereocenters. The summed E-state index contributed by atoms with van der Waals surface area (Å²) in [6.07, 6.45) is 2.54. The fourth-order valence-electron chi connectivity index (χ4n) is 3.57. The molecule has 0 saturated heterocycles. The van der Waals surface area contributed by atoms with Gasteiger partial charge in [-0.15, -0.1) is 0 Å². The molecule has 0 spiro atoms. The van der Waals surface area contributed by atoms with Crippen molar-refractivity contribution in [2.45, 2.75) is 30.6 Å². The molecule has 0 aliphatic rings. The van der Waals surface area contributed by atoms with Crippen molar-refractivity contribution in [1.29, 1.82) is 0 Å². The standard InChI is InChI=1S/C24H27ClN2O3S/c1-27(2)22-13-7-12-21-20(22)11-8-15-24(21)31(29,30)26-16-5-3-4-14-23(28)18-9-6-10-19(25)17-18/h6-13,15,17,26H,3-5,14,16H2,1-2H3. The zero-order valence-corrected chi connectivity index (χ0v) is 19.3. The minimum atomic E-state index is -3.63. The molecule has 0 fully saturated rings. The van der Waals surface area contributed by atoms with E-state index in [1.165, 1.54) is 0 Å². The van der Waals surface area contributed by atoms with E-state index in [0.717, 1.165) is 17.5 Å². The first-order valence-corrected chi connectivity index (χ1v) is 12.1. The van der Waals surface area contributed by atoms with Crippen molar-refractivity contribution in [2.75, 3.05) is 25.5 Å². The first kappa shape index (κ1) is 23.3. The van der Waals surface area contributed by atoms with Gasteiger partial charge < -0.3 is 4.90 Å². The molecular formula is C24H27ClN2O3S. The Morgan fingerprint density at radius 2 is 1.65 bits per heavy atom. The third-order valence-electron chi connectivity index (χ3n) is 5.15. The van der Waals surface area contributed by atoms with Gasteiger partial charge in [-0.1, -0.05) is 54.4 Å². The van der Waals surface area contributed by atoms with Gasteiger partial charge in [0.2, 0.25) is 10.0 Å². The van der Waals surface area contributed by atoms with Crippen LogP contribution in [0.5, 0.6) is 0 Å². The van der Waals surface area contributed by atoms with E-state index in [1.54, 1.807) is 36.4 Å². The lowest BCUT2D eigenvalue weighted by Gasteiger charge is -2.17. The van der Waals surface area contributed by atoms with Crippen LogP contribution in [0.15, 0.2) is 65.6 Å². The number of fused-ring (bicyclic) bond motifs is 1. The molecule has 3 rings (SSSR count). The Balaban J connectivity index is 1.55. The normalized spacial score (nSPS) is 11.6. The molecule has 0 bridgehead atoms. The van der Waals surface area contributed by atoms with Crippen molar-refractivity contribution in [3.63, 3.8) is 0 Å². The van der Waals surface area contributed by atoms with E-state index in [4.69, 9.17) is 11.6 Å². The molecule has 5 nitrogen and oxygen atoms in total. The van der Waals surface area contributed by atoms with Crippen molar-refractivity contribution < 1.29 is 13.2 Å². The summed E-state index contributed by atoms with van der Waals surface area (Å²) in [5.74, 6) is 0.0514. The van der Waals surface area contributed by atoms with E-state index in [1.807, 2.05) is 43.3 Å². The summed E-state index contributed by atoms with van der Waals surface area (Å²) < 4.78 is 28.5. The molecular weight excluding hydrogens is 432 g/mol. The van der Waals surface area contributed by atoms with Crippen molar-refractivity contribution in [2.24, 2.45) is 0 Å². The maximum absolute atomic E-state index is 12.9. The summed E-state index contributed by atoms with van der Waals surface area (Å²) in [5.41, 5.74) is 1.58. The van der Waals surface area contributed by atoms with Crippen LogP contribution in [0.25, 0.3) is 10.8 Å². The van der Waals surface area contributed by atoms with E-state index >= 15 is 0 Å². The number of hydrogen-bond donors (Lipinski definition) is 1. The average Bonchev–Trinajstić information content (AvgIpc) is 2.75. The first-order chi connectivity index (χ1) is 14.8. The molecule has 0 aliphatic heterocycles. The Labute approximate surface area is 189 Å². The van der Waals surface area contributed by atoms with Crippen LogP contribution in [0.3, 0.4) is 0 Å². The first-order valence-electron chi connectivity index (χ1n) is 10.3. The van der Waals surface area contributed by atoms with Crippen molar-refractivity contribution >= 4 is 43.9 Å². The minimum Gasteiger partial charge on any atom is -0.377 e. The summed E-state index contributed by atoms with van der Waals surface area (Å²) in [7, 11) is 0.241. The van der Waals surface area contributed by atoms with E-state index in [9.17, 15) is 13.2 Å². The molecule has 0 unspecified atom stereocenters. The second-order valence-corrected chi connectivity index (χ2v) is 9.84. The molecule has 0 aliphatic carbocycles. The van der Waals surface area contributed by atoms with Gasteiger partial charge in [0, 0.05) is 54.1 Å². The van der Waals surface area contributed by atoms with Crippen molar-refractivity contribution in [3.05, 3.63) is 71.2 Å². The molecule has 0 saturated carbocycles. The number of Topliss-reactive ketones (excluding diaryl/α,β-unsaturated/α-hetero) is 1. The zero-order valence-electron chi connectivity index (χ0n) is 17.8. The Hall–Kier alpha value is -2.41. The van der Waals surface area contributed by atoms with E-state index < -0.39 is 10.0 Å². The molecule has 3 aromatic carbocycles. The number of benzene rings is 3. The lowest BCUT2D eigenvalue weighted by Crippen LogP contribution is -2.25. The quantitative estimate of drug-likeness (QED) is 0.331. The number of carbonyl (C=O) groups is 1. The van der Waals surface area contributed by atoms with Gasteiger partial charge in [-0.3, -0.25) is 4.79 Å².